The number of rotatable bonds is 5. The zero-order valence-corrected chi connectivity index (χ0v) is 9.93. The Hall–Kier alpha value is -1.66. The lowest BCUT2D eigenvalue weighted by atomic mass is 10.0. The molecule has 100 valence electrons. The number of aromatic hydroxyl groups is 1. The van der Waals surface area contributed by atoms with Gasteiger partial charge in [-0.15, -0.1) is 0 Å². The highest BCUT2D eigenvalue weighted by atomic mass is 19.1. The molecule has 1 aromatic rings. The van der Waals surface area contributed by atoms with Crippen molar-refractivity contribution in [2.45, 2.75) is 25.6 Å². The van der Waals surface area contributed by atoms with E-state index < -0.39 is 23.8 Å². The Balaban J connectivity index is 2.59. The van der Waals surface area contributed by atoms with Crippen LogP contribution in [0.3, 0.4) is 0 Å². The van der Waals surface area contributed by atoms with E-state index in [1.807, 2.05) is 0 Å². The lowest BCUT2D eigenvalue weighted by Crippen LogP contribution is -2.27. The van der Waals surface area contributed by atoms with E-state index in [9.17, 15) is 19.4 Å². The molecule has 18 heavy (non-hydrogen) atoms. The van der Waals surface area contributed by atoms with Crippen molar-refractivity contribution in [1.82, 2.24) is 5.32 Å². The summed E-state index contributed by atoms with van der Waals surface area (Å²) in [5, 5.41) is 30.9. The summed E-state index contributed by atoms with van der Waals surface area (Å²) in [7, 11) is 0. The number of halogens is 1. The van der Waals surface area contributed by atoms with Gasteiger partial charge in [-0.05, 0) is 24.1 Å². The maximum Gasteiger partial charge on any atom is 0.216 e. The molecule has 6 heteroatoms. The number of hydrogen-bond acceptors (Lipinski definition) is 4. The molecule has 1 amide bonds. The summed E-state index contributed by atoms with van der Waals surface area (Å²) in [6, 6.07) is 3.39. The summed E-state index contributed by atoms with van der Waals surface area (Å²) < 4.78 is 13.1. The summed E-state index contributed by atoms with van der Waals surface area (Å²) in [5.41, 5.74) is 0.167. The van der Waals surface area contributed by atoms with Crippen molar-refractivity contribution in [3.63, 3.8) is 0 Å². The molecule has 1 aromatic carbocycles. The average Bonchev–Trinajstić information content (AvgIpc) is 2.31. The predicted molar refractivity (Wildman–Crippen MR) is 62.3 cm³/mol. The number of carbonyl (C=O) groups excluding carboxylic acids is 1. The molecule has 5 nitrogen and oxygen atoms in total. The normalized spacial score (nSPS) is 14.0. The number of amides is 1. The van der Waals surface area contributed by atoms with E-state index in [1.54, 1.807) is 0 Å². The van der Waals surface area contributed by atoms with E-state index >= 15 is 0 Å². The Labute approximate surface area is 104 Å². The second-order valence-electron chi connectivity index (χ2n) is 3.99. The molecule has 4 N–H and O–H groups in total. The molecule has 0 saturated heterocycles. The van der Waals surface area contributed by atoms with Gasteiger partial charge in [-0.3, -0.25) is 4.79 Å². The number of benzene rings is 1. The van der Waals surface area contributed by atoms with Crippen molar-refractivity contribution < 1.29 is 24.5 Å². The fourth-order valence-electron chi connectivity index (χ4n) is 1.48. The third-order valence-corrected chi connectivity index (χ3v) is 2.49. The molecule has 0 spiro atoms. The molecule has 2 unspecified atom stereocenters. The fraction of sp³-hybridized carbons (Fsp3) is 0.417. The van der Waals surface area contributed by atoms with Gasteiger partial charge in [0.2, 0.25) is 5.91 Å². The van der Waals surface area contributed by atoms with Gasteiger partial charge in [-0.1, -0.05) is 6.07 Å². The average molecular weight is 257 g/mol. The molecular weight excluding hydrogens is 241 g/mol. The van der Waals surface area contributed by atoms with E-state index in [0.29, 0.717) is 0 Å². The van der Waals surface area contributed by atoms with E-state index in [4.69, 9.17) is 5.11 Å². The molecule has 0 aliphatic heterocycles. The van der Waals surface area contributed by atoms with E-state index in [1.165, 1.54) is 13.0 Å². The first kappa shape index (κ1) is 14.4. The van der Waals surface area contributed by atoms with Crippen LogP contribution in [0, 0.1) is 5.82 Å². The van der Waals surface area contributed by atoms with Crippen LogP contribution in [0.15, 0.2) is 18.2 Å². The quantitative estimate of drug-likeness (QED) is 0.616. The molecule has 0 radical (unpaired) electrons. The van der Waals surface area contributed by atoms with Crippen molar-refractivity contribution in [2.75, 3.05) is 6.54 Å². The van der Waals surface area contributed by atoms with Crippen molar-refractivity contribution in [3.05, 3.63) is 29.6 Å². The van der Waals surface area contributed by atoms with Crippen molar-refractivity contribution in [2.24, 2.45) is 0 Å². The number of hydrogen-bond donors (Lipinski definition) is 4. The van der Waals surface area contributed by atoms with Crippen LogP contribution in [0.1, 0.15) is 25.0 Å². The molecule has 1 rings (SSSR count). The Morgan fingerprint density at radius 3 is 2.67 bits per heavy atom. The van der Waals surface area contributed by atoms with Crippen LogP contribution in [0.4, 0.5) is 4.39 Å². The SMILES string of the molecule is CC(=O)NCCC(O)C(O)c1ccc(O)c(F)c1. The van der Waals surface area contributed by atoms with Gasteiger partial charge in [0.25, 0.3) is 0 Å². The topological polar surface area (TPSA) is 89.8 Å². The first-order valence-corrected chi connectivity index (χ1v) is 5.50. The lowest BCUT2D eigenvalue weighted by molar-refractivity contribution is -0.119. The maximum absolute atomic E-state index is 13.1. The number of phenols is 1. The number of phenolic OH excluding ortho intramolecular Hbond substituents is 1. The minimum atomic E-state index is -1.27. The zero-order valence-electron chi connectivity index (χ0n) is 9.93. The molecule has 2 atom stereocenters. The van der Waals surface area contributed by atoms with Crippen LogP contribution < -0.4 is 5.32 Å². The Kier molecular flexibility index (Phi) is 5.06. The van der Waals surface area contributed by atoms with Crippen LogP contribution in [0.25, 0.3) is 0 Å². The summed E-state index contributed by atoms with van der Waals surface area (Å²) in [6.07, 6.45) is -2.25. The number of carbonyl (C=O) groups is 1. The first-order chi connectivity index (χ1) is 8.41. The van der Waals surface area contributed by atoms with Gasteiger partial charge < -0.3 is 20.6 Å². The third-order valence-electron chi connectivity index (χ3n) is 2.49. The largest absolute Gasteiger partial charge is 0.505 e. The Morgan fingerprint density at radius 2 is 2.11 bits per heavy atom. The van der Waals surface area contributed by atoms with Gasteiger partial charge >= 0.3 is 0 Å². The molecule has 0 aromatic heterocycles. The molecule has 0 heterocycles. The summed E-state index contributed by atoms with van der Waals surface area (Å²) in [4.78, 5) is 10.6. The van der Waals surface area contributed by atoms with E-state index in [2.05, 4.69) is 5.32 Å². The van der Waals surface area contributed by atoms with Gasteiger partial charge in [0, 0.05) is 13.5 Å². The Bertz CT molecular complexity index is 425. The molecule has 0 aliphatic carbocycles. The minimum absolute atomic E-state index is 0.142. The van der Waals surface area contributed by atoms with Crippen molar-refractivity contribution >= 4 is 5.91 Å². The van der Waals surface area contributed by atoms with Crippen LogP contribution in [0.2, 0.25) is 0 Å². The summed E-state index contributed by atoms with van der Waals surface area (Å²) >= 11 is 0. The molecule has 0 fully saturated rings. The van der Waals surface area contributed by atoms with Crippen molar-refractivity contribution in [1.29, 1.82) is 0 Å². The van der Waals surface area contributed by atoms with Gasteiger partial charge in [-0.2, -0.15) is 0 Å². The fourth-order valence-corrected chi connectivity index (χ4v) is 1.48. The minimum Gasteiger partial charge on any atom is -0.505 e. The van der Waals surface area contributed by atoms with Gasteiger partial charge in [0.1, 0.15) is 6.10 Å². The van der Waals surface area contributed by atoms with Crippen LogP contribution in [0.5, 0.6) is 5.75 Å². The monoisotopic (exact) mass is 257 g/mol. The summed E-state index contributed by atoms with van der Waals surface area (Å²) in [5.74, 6) is -1.60. The summed E-state index contributed by atoms with van der Waals surface area (Å²) in [6.45, 7) is 1.56. The first-order valence-electron chi connectivity index (χ1n) is 5.50. The number of aliphatic hydroxyl groups excluding tert-OH is 2. The zero-order chi connectivity index (χ0) is 13.7. The highest BCUT2D eigenvalue weighted by Crippen LogP contribution is 2.23. The molecule has 0 saturated carbocycles. The highest BCUT2D eigenvalue weighted by Gasteiger charge is 2.19. The second kappa shape index (κ2) is 6.32. The van der Waals surface area contributed by atoms with Crippen LogP contribution in [-0.4, -0.2) is 33.9 Å². The van der Waals surface area contributed by atoms with Gasteiger partial charge in [0.05, 0.1) is 6.10 Å². The smallest absolute Gasteiger partial charge is 0.216 e. The molecule has 0 bridgehead atoms. The van der Waals surface area contributed by atoms with E-state index in [-0.39, 0.29) is 24.4 Å². The predicted octanol–water partition coefficient (Wildman–Crippen LogP) is 0.452. The molecule has 0 aliphatic rings. The standard InChI is InChI=1S/C12H16FNO4/c1-7(15)14-5-4-11(17)12(18)8-2-3-10(16)9(13)6-8/h2-3,6,11-12,16-18H,4-5H2,1H3,(H,14,15). The third kappa shape index (κ3) is 3.97. The van der Waals surface area contributed by atoms with Gasteiger partial charge in [-0.25, -0.2) is 4.39 Å². The number of aliphatic hydroxyl groups is 2. The number of nitrogens with one attached hydrogen (secondary N) is 1. The highest BCUT2D eigenvalue weighted by molar-refractivity contribution is 5.72. The van der Waals surface area contributed by atoms with Crippen LogP contribution >= 0.6 is 0 Å². The Morgan fingerprint density at radius 1 is 1.44 bits per heavy atom. The second-order valence-corrected chi connectivity index (χ2v) is 3.99. The lowest BCUT2D eigenvalue weighted by Gasteiger charge is -2.18. The van der Waals surface area contributed by atoms with Gasteiger partial charge in [0.15, 0.2) is 11.6 Å². The van der Waals surface area contributed by atoms with Crippen molar-refractivity contribution in [3.8, 4) is 5.75 Å². The van der Waals surface area contributed by atoms with Crippen LogP contribution in [-0.2, 0) is 4.79 Å². The van der Waals surface area contributed by atoms with E-state index in [0.717, 1.165) is 12.1 Å². The maximum atomic E-state index is 13.1. The molecular formula is C12H16FNO4.